The Kier molecular flexibility index (Phi) is 6.20. The van der Waals surface area contributed by atoms with Crippen LogP contribution in [-0.2, 0) is 17.9 Å². The molecule has 0 fully saturated rings. The minimum absolute atomic E-state index is 0.0620. The Balaban J connectivity index is 1.67. The van der Waals surface area contributed by atoms with Gasteiger partial charge in [-0.1, -0.05) is 12.1 Å². The van der Waals surface area contributed by atoms with Crippen molar-refractivity contribution in [2.45, 2.75) is 19.5 Å². The average Bonchev–Trinajstić information content (AvgIpc) is 3.06. The third kappa shape index (κ3) is 4.64. The Labute approximate surface area is 167 Å². The van der Waals surface area contributed by atoms with Gasteiger partial charge in [0.05, 0.1) is 7.11 Å². The highest BCUT2D eigenvalue weighted by Gasteiger charge is 2.14. The normalized spacial score (nSPS) is 10.7. The van der Waals surface area contributed by atoms with Crippen molar-refractivity contribution in [1.29, 1.82) is 0 Å². The number of ether oxygens (including phenoxy) is 1. The summed E-state index contributed by atoms with van der Waals surface area (Å²) < 4.78 is 20.7. The highest BCUT2D eigenvalue weighted by Crippen LogP contribution is 2.21. The maximum atomic E-state index is 13.3. The van der Waals surface area contributed by atoms with Crippen LogP contribution in [0.15, 0.2) is 48.5 Å². The van der Waals surface area contributed by atoms with E-state index in [2.05, 4.69) is 10.2 Å². The number of rotatable bonds is 7. The van der Waals surface area contributed by atoms with Crippen LogP contribution in [0.25, 0.3) is 11.4 Å². The summed E-state index contributed by atoms with van der Waals surface area (Å²) in [7, 11) is 3.31. The van der Waals surface area contributed by atoms with Gasteiger partial charge in [-0.15, -0.1) is 0 Å². The number of benzene rings is 2. The number of nitrogens with zero attached hydrogens (tertiary/aromatic N) is 3. The monoisotopic (exact) mass is 400 g/mol. The minimum Gasteiger partial charge on any atom is -0.497 e. The number of nitrogens with one attached hydrogen (secondary N) is 1. The van der Waals surface area contributed by atoms with E-state index in [4.69, 9.17) is 17.0 Å². The van der Waals surface area contributed by atoms with Crippen molar-refractivity contribution in [3.8, 4) is 17.1 Å². The molecule has 0 atom stereocenters. The van der Waals surface area contributed by atoms with Crippen molar-refractivity contribution >= 4 is 18.1 Å². The van der Waals surface area contributed by atoms with Gasteiger partial charge in [-0.3, -0.25) is 14.5 Å². The number of amides is 1. The quantitative estimate of drug-likeness (QED) is 0.613. The van der Waals surface area contributed by atoms with Crippen LogP contribution in [0.2, 0.25) is 0 Å². The van der Waals surface area contributed by atoms with E-state index in [0.29, 0.717) is 23.7 Å². The third-order valence-electron chi connectivity index (χ3n) is 4.39. The van der Waals surface area contributed by atoms with Crippen LogP contribution in [0.3, 0.4) is 0 Å². The molecule has 0 spiro atoms. The lowest BCUT2D eigenvalue weighted by Gasteiger charge is -2.18. The number of hydrogen-bond donors (Lipinski definition) is 1. The standard InChI is InChI=1S/C20H21FN4O2S/c1-24(13-14-4-3-5-16(21)12-14)18(26)10-11-25-19(22-23-20(25)28)15-6-8-17(27-2)9-7-15/h3-9,12H,10-11,13H2,1-2H3,(H,23,28). The first-order chi connectivity index (χ1) is 13.5. The molecule has 6 nitrogen and oxygen atoms in total. The molecule has 8 heteroatoms. The number of carbonyl (C=O) groups excluding carboxylic acids is 1. The van der Waals surface area contributed by atoms with Gasteiger partial charge in [0.2, 0.25) is 5.91 Å². The molecule has 0 radical (unpaired) electrons. The lowest BCUT2D eigenvalue weighted by atomic mass is 10.2. The summed E-state index contributed by atoms with van der Waals surface area (Å²) in [6.07, 6.45) is 0.253. The SMILES string of the molecule is COc1ccc(-c2n[nH]c(=S)n2CCC(=O)N(C)Cc2cccc(F)c2)cc1. The molecule has 0 saturated carbocycles. The Morgan fingerprint density at radius 2 is 2.04 bits per heavy atom. The average molecular weight is 400 g/mol. The number of methoxy groups -OCH3 is 1. The van der Waals surface area contributed by atoms with Crippen molar-refractivity contribution in [2.75, 3.05) is 14.2 Å². The lowest BCUT2D eigenvalue weighted by Crippen LogP contribution is -2.27. The van der Waals surface area contributed by atoms with Gasteiger partial charge in [-0.2, -0.15) is 5.10 Å². The molecule has 3 rings (SSSR count). The zero-order chi connectivity index (χ0) is 20.1. The maximum absolute atomic E-state index is 13.3. The van der Waals surface area contributed by atoms with Crippen LogP contribution in [-0.4, -0.2) is 39.7 Å². The van der Waals surface area contributed by atoms with Gasteiger partial charge in [0.25, 0.3) is 0 Å². The second-order valence-electron chi connectivity index (χ2n) is 6.36. The summed E-state index contributed by atoms with van der Waals surface area (Å²) in [5.41, 5.74) is 1.61. The van der Waals surface area contributed by atoms with Crippen molar-refractivity contribution < 1.29 is 13.9 Å². The molecule has 0 aliphatic rings. The summed E-state index contributed by atoms with van der Waals surface area (Å²) >= 11 is 5.31. The minimum atomic E-state index is -0.313. The van der Waals surface area contributed by atoms with E-state index in [9.17, 15) is 9.18 Å². The maximum Gasteiger partial charge on any atom is 0.224 e. The zero-order valence-electron chi connectivity index (χ0n) is 15.7. The van der Waals surface area contributed by atoms with Crippen molar-refractivity contribution in [3.63, 3.8) is 0 Å². The van der Waals surface area contributed by atoms with E-state index < -0.39 is 0 Å². The number of halogens is 1. The molecular weight excluding hydrogens is 379 g/mol. The van der Waals surface area contributed by atoms with Crippen molar-refractivity contribution in [2.24, 2.45) is 0 Å². The van der Waals surface area contributed by atoms with Gasteiger partial charge in [0.15, 0.2) is 10.6 Å². The largest absolute Gasteiger partial charge is 0.497 e. The number of aromatic nitrogens is 3. The van der Waals surface area contributed by atoms with Crippen molar-refractivity contribution in [3.05, 3.63) is 64.7 Å². The molecule has 0 aliphatic carbocycles. The predicted octanol–water partition coefficient (Wildman–Crippen LogP) is 3.80. The zero-order valence-corrected chi connectivity index (χ0v) is 16.5. The summed E-state index contributed by atoms with van der Waals surface area (Å²) in [5, 5.41) is 7.06. The molecule has 0 unspecified atom stereocenters. The van der Waals surface area contributed by atoms with Crippen LogP contribution >= 0.6 is 12.2 Å². The summed E-state index contributed by atoms with van der Waals surface area (Å²) in [6, 6.07) is 13.7. The van der Waals surface area contributed by atoms with Gasteiger partial charge in [-0.05, 0) is 54.2 Å². The molecular formula is C20H21FN4O2S. The van der Waals surface area contributed by atoms with Gasteiger partial charge >= 0.3 is 0 Å². The molecule has 1 aromatic heterocycles. The van der Waals surface area contributed by atoms with Crippen LogP contribution < -0.4 is 4.74 Å². The molecule has 146 valence electrons. The summed E-state index contributed by atoms with van der Waals surface area (Å²) in [6.45, 7) is 0.738. The third-order valence-corrected chi connectivity index (χ3v) is 4.70. The molecule has 28 heavy (non-hydrogen) atoms. The van der Waals surface area contributed by atoms with E-state index in [-0.39, 0.29) is 18.1 Å². The molecule has 1 N–H and O–H groups in total. The van der Waals surface area contributed by atoms with Crippen molar-refractivity contribution in [1.82, 2.24) is 19.7 Å². The molecule has 1 amide bonds. The lowest BCUT2D eigenvalue weighted by molar-refractivity contribution is -0.130. The Hall–Kier alpha value is -3.00. The molecule has 2 aromatic carbocycles. The van der Waals surface area contributed by atoms with Gasteiger partial charge in [-0.25, -0.2) is 4.39 Å². The van der Waals surface area contributed by atoms with Crippen LogP contribution in [0.1, 0.15) is 12.0 Å². The van der Waals surface area contributed by atoms with Gasteiger partial charge in [0, 0.05) is 32.1 Å². The predicted molar refractivity (Wildman–Crippen MR) is 107 cm³/mol. The van der Waals surface area contributed by atoms with Crippen LogP contribution in [0, 0.1) is 10.6 Å². The number of aromatic amines is 1. The molecule has 0 saturated heterocycles. The summed E-state index contributed by atoms with van der Waals surface area (Å²) in [5.74, 6) is 1.03. The fourth-order valence-corrected chi connectivity index (χ4v) is 3.10. The molecule has 3 aromatic rings. The Morgan fingerprint density at radius 1 is 1.29 bits per heavy atom. The topological polar surface area (TPSA) is 63.1 Å². The first kappa shape index (κ1) is 19.8. The highest BCUT2D eigenvalue weighted by molar-refractivity contribution is 7.71. The van der Waals surface area contributed by atoms with E-state index in [1.807, 2.05) is 24.3 Å². The fourth-order valence-electron chi connectivity index (χ4n) is 2.88. The Bertz CT molecular complexity index is 1010. The van der Waals surface area contributed by atoms with E-state index in [1.54, 1.807) is 35.8 Å². The molecule has 1 heterocycles. The number of H-pyrrole nitrogens is 1. The first-order valence-corrected chi connectivity index (χ1v) is 9.17. The summed E-state index contributed by atoms with van der Waals surface area (Å²) in [4.78, 5) is 14.1. The van der Waals surface area contributed by atoms with Crippen LogP contribution in [0.5, 0.6) is 5.75 Å². The van der Waals surface area contributed by atoms with Crippen LogP contribution in [0.4, 0.5) is 4.39 Å². The highest BCUT2D eigenvalue weighted by atomic mass is 32.1. The Morgan fingerprint density at radius 3 is 2.71 bits per heavy atom. The van der Waals surface area contributed by atoms with E-state index >= 15 is 0 Å². The fraction of sp³-hybridized carbons (Fsp3) is 0.250. The van der Waals surface area contributed by atoms with Gasteiger partial charge < -0.3 is 9.64 Å². The number of hydrogen-bond acceptors (Lipinski definition) is 4. The molecule has 0 aliphatic heterocycles. The molecule has 0 bridgehead atoms. The number of carbonyl (C=O) groups is 1. The van der Waals surface area contributed by atoms with E-state index in [1.165, 1.54) is 12.1 Å². The van der Waals surface area contributed by atoms with E-state index in [0.717, 1.165) is 16.9 Å². The smallest absolute Gasteiger partial charge is 0.224 e. The second-order valence-corrected chi connectivity index (χ2v) is 6.75. The second kappa shape index (κ2) is 8.79. The van der Waals surface area contributed by atoms with Gasteiger partial charge in [0.1, 0.15) is 11.6 Å². The first-order valence-electron chi connectivity index (χ1n) is 8.76.